The van der Waals surface area contributed by atoms with Gasteiger partial charge in [-0.3, -0.25) is 0 Å². The van der Waals surface area contributed by atoms with E-state index in [-0.39, 0.29) is 27.1 Å². The molecular formula is C39H39N4O5S+. The number of unbranched alkanes of at least 4 members (excludes halogenated alkanes) is 1. The molecule has 1 unspecified atom stereocenters. The fourth-order valence-corrected chi connectivity index (χ4v) is 8.27. The zero-order chi connectivity index (χ0) is 33.2. The van der Waals surface area contributed by atoms with Crippen LogP contribution in [0.1, 0.15) is 55.9 Å². The van der Waals surface area contributed by atoms with Gasteiger partial charge in [0.2, 0.25) is 0 Å². The first-order chi connectivity index (χ1) is 23.3. The van der Waals surface area contributed by atoms with Crippen LogP contribution in [-0.4, -0.2) is 38.1 Å². The van der Waals surface area contributed by atoms with Gasteiger partial charge in [0.1, 0.15) is 0 Å². The first kappa shape index (κ1) is 32.7. The van der Waals surface area contributed by atoms with Gasteiger partial charge in [-0.25, -0.2) is 17.6 Å². The lowest BCUT2D eigenvalue weighted by Crippen LogP contribution is -2.40. The highest BCUT2D eigenvalue weighted by molar-refractivity contribution is 7.85. The normalized spacial score (nSPS) is 15.5. The molecular weight excluding hydrogens is 637 g/mol. The van der Waals surface area contributed by atoms with Crippen LogP contribution in [0.5, 0.6) is 0 Å². The number of imidazole rings is 2. The molecule has 4 aromatic carbocycles. The molecule has 0 radical (unpaired) electrons. The van der Waals surface area contributed by atoms with Crippen LogP contribution < -0.4 is 9.13 Å². The average Bonchev–Trinajstić information content (AvgIpc) is 3.78. The zero-order valence-corrected chi connectivity index (χ0v) is 27.4. The van der Waals surface area contributed by atoms with Crippen molar-refractivity contribution in [3.05, 3.63) is 107 Å². The van der Waals surface area contributed by atoms with E-state index in [1.807, 2.05) is 30.3 Å². The van der Waals surface area contributed by atoms with Gasteiger partial charge in [-0.15, -0.1) is 0 Å². The van der Waals surface area contributed by atoms with Gasteiger partial charge >= 0.3 is 5.66 Å². The minimum atomic E-state index is -4.38. The molecule has 49 heavy (non-hydrogen) atoms. The summed E-state index contributed by atoms with van der Waals surface area (Å²) in [5, 5.41) is 20.0. The molecule has 2 aliphatic rings. The molecule has 0 aliphatic carbocycles. The minimum Gasteiger partial charge on any atom is -0.748 e. The standard InChI is InChI=1S/C38H35N4O5S.CH4/c1-2-3-18-39-31-12-4-6-14-33(31)41-36(39)29-10-8-11-30-35(29)38(41,17-16-26-21-27(24-43)23-28(22-26)25-44)42-34-15-7-5-13-32(34)40(37(30)42)19-9-20-48(45,46)47;/h4-8,10-15,21-23,43-44H,2-3,9,18-20,24-25H2,1H3;1H4/q+1;. The van der Waals surface area contributed by atoms with Crippen molar-refractivity contribution < 1.29 is 32.3 Å². The number of aliphatic hydroxyl groups excluding tert-OH is 2. The molecule has 9 nitrogen and oxygen atoms in total. The molecule has 6 aromatic rings. The topological polar surface area (TPSA) is 115 Å². The highest BCUT2D eigenvalue weighted by Gasteiger charge is 2.64. The Bertz CT molecular complexity index is 2430. The maximum absolute atomic E-state index is 11.6. The molecule has 0 amide bonds. The summed E-state index contributed by atoms with van der Waals surface area (Å²) in [4.78, 5) is 0. The lowest BCUT2D eigenvalue weighted by Gasteiger charge is -2.17. The van der Waals surface area contributed by atoms with Crippen LogP contribution in [0.3, 0.4) is 0 Å². The quantitative estimate of drug-likeness (QED) is 0.130. The van der Waals surface area contributed by atoms with Gasteiger partial charge < -0.3 is 14.8 Å². The van der Waals surface area contributed by atoms with Gasteiger partial charge in [-0.05, 0) is 72.5 Å². The fourth-order valence-electron chi connectivity index (χ4n) is 7.79. The molecule has 2 aliphatic heterocycles. The highest BCUT2D eigenvalue weighted by Crippen LogP contribution is 2.55. The summed E-state index contributed by atoms with van der Waals surface area (Å²) in [6.45, 7) is 3.03. The number of nitrogens with zero attached hydrogens (tertiary/aromatic N) is 4. The van der Waals surface area contributed by atoms with Gasteiger partial charge in [0.25, 0.3) is 11.6 Å². The second-order valence-electron chi connectivity index (χ2n) is 12.6. The van der Waals surface area contributed by atoms with Crippen LogP contribution >= 0.6 is 0 Å². The minimum absolute atomic E-state index is 0. The summed E-state index contributed by atoms with van der Waals surface area (Å²) in [5.41, 5.74) is 8.12. The third-order valence-electron chi connectivity index (χ3n) is 9.61. The second-order valence-corrected chi connectivity index (χ2v) is 14.1. The second kappa shape index (κ2) is 12.3. The van der Waals surface area contributed by atoms with E-state index in [0.29, 0.717) is 23.2 Å². The van der Waals surface area contributed by atoms with Crippen molar-refractivity contribution in [2.24, 2.45) is 0 Å². The predicted octanol–water partition coefficient (Wildman–Crippen LogP) is 4.79. The lowest BCUT2D eigenvalue weighted by atomic mass is 9.94. The molecule has 250 valence electrons. The average molecular weight is 676 g/mol. The first-order valence-electron chi connectivity index (χ1n) is 16.3. The zero-order valence-electron chi connectivity index (χ0n) is 26.6. The Morgan fingerprint density at radius 1 is 0.776 bits per heavy atom. The summed E-state index contributed by atoms with van der Waals surface area (Å²) in [7, 11) is -4.38. The van der Waals surface area contributed by atoms with Crippen molar-refractivity contribution >= 4 is 32.2 Å². The Morgan fingerprint density at radius 2 is 1.31 bits per heavy atom. The smallest absolute Gasteiger partial charge is 0.346 e. The van der Waals surface area contributed by atoms with Crippen LogP contribution in [0.2, 0.25) is 0 Å². The number of hydrogen-bond donors (Lipinski definition) is 2. The van der Waals surface area contributed by atoms with E-state index in [0.717, 1.165) is 69.8 Å². The number of fused-ring (bicyclic) bond motifs is 10. The molecule has 0 spiro atoms. The predicted molar refractivity (Wildman–Crippen MR) is 187 cm³/mol. The highest BCUT2D eigenvalue weighted by atomic mass is 32.2. The molecule has 0 fully saturated rings. The number of rotatable bonds is 9. The Morgan fingerprint density at radius 3 is 1.82 bits per heavy atom. The third-order valence-corrected chi connectivity index (χ3v) is 10.4. The van der Waals surface area contributed by atoms with Gasteiger partial charge in [0, 0.05) is 17.2 Å². The number of aryl methyl sites for hydroxylation is 2. The number of para-hydroxylation sites is 4. The lowest BCUT2D eigenvalue weighted by molar-refractivity contribution is -0.661. The molecule has 10 heteroatoms. The number of benzene rings is 4. The maximum atomic E-state index is 11.6. The number of aliphatic hydroxyl groups is 2. The monoisotopic (exact) mass is 675 g/mol. The Kier molecular flexibility index (Phi) is 8.20. The summed E-state index contributed by atoms with van der Waals surface area (Å²) in [6, 6.07) is 28.3. The Balaban J connectivity index is 0.00000378. The van der Waals surface area contributed by atoms with E-state index < -0.39 is 21.5 Å². The molecule has 4 heterocycles. The fraction of sp³-hybridized carbons (Fsp3) is 0.282. The summed E-state index contributed by atoms with van der Waals surface area (Å²) in [6.07, 6.45) is 2.24. The van der Waals surface area contributed by atoms with Crippen molar-refractivity contribution in [2.75, 3.05) is 5.75 Å². The first-order valence-corrected chi connectivity index (χ1v) is 17.9. The van der Waals surface area contributed by atoms with Gasteiger partial charge in [0.05, 0.1) is 53.1 Å². The molecule has 1 atom stereocenters. The summed E-state index contributed by atoms with van der Waals surface area (Å²) in [5.74, 6) is 8.78. The van der Waals surface area contributed by atoms with Crippen LogP contribution in [0.15, 0.2) is 84.9 Å². The number of aromatic nitrogens is 4. The van der Waals surface area contributed by atoms with Crippen LogP contribution in [0.25, 0.3) is 44.8 Å². The molecule has 2 aromatic heterocycles. The van der Waals surface area contributed by atoms with E-state index in [9.17, 15) is 23.2 Å². The number of hydrogen-bond acceptors (Lipinski definition) is 5. The Labute approximate surface area is 286 Å². The maximum Gasteiger partial charge on any atom is 0.346 e. The van der Waals surface area contributed by atoms with Crippen molar-refractivity contribution in [2.45, 2.75) is 65.6 Å². The molecule has 8 rings (SSSR count). The molecule has 0 bridgehead atoms. The van der Waals surface area contributed by atoms with Crippen molar-refractivity contribution in [3.8, 4) is 34.6 Å². The third kappa shape index (κ3) is 4.91. The molecule has 0 saturated heterocycles. The van der Waals surface area contributed by atoms with Crippen molar-refractivity contribution in [1.29, 1.82) is 0 Å². The summed E-state index contributed by atoms with van der Waals surface area (Å²) < 4.78 is 44.1. The molecule has 2 N–H and O–H groups in total. The van der Waals surface area contributed by atoms with Crippen LogP contribution in [0.4, 0.5) is 0 Å². The van der Waals surface area contributed by atoms with E-state index in [2.05, 4.69) is 85.6 Å². The SMILES string of the molecule is C.CCCC[n+]1c2n(c3ccccc31)C1(C#Cc3cc(CO)cc(CO)c3)c3c-2cccc3-c2n1c1ccccc1[n+]2CCCS(=O)(=O)[O-]. The van der Waals surface area contributed by atoms with Gasteiger partial charge in [-0.1, -0.05) is 63.1 Å². The van der Waals surface area contributed by atoms with Crippen molar-refractivity contribution in [1.82, 2.24) is 9.13 Å². The van der Waals surface area contributed by atoms with Gasteiger partial charge in [0.15, 0.2) is 22.1 Å². The largest absolute Gasteiger partial charge is 0.748 e. The summed E-state index contributed by atoms with van der Waals surface area (Å²) >= 11 is 0. The van der Waals surface area contributed by atoms with Crippen LogP contribution in [-0.2, 0) is 42.1 Å². The van der Waals surface area contributed by atoms with Gasteiger partial charge in [-0.2, -0.15) is 9.13 Å². The molecule has 0 saturated carbocycles. The van der Waals surface area contributed by atoms with Crippen LogP contribution in [0, 0.1) is 11.8 Å². The van der Waals surface area contributed by atoms with E-state index in [4.69, 9.17) is 0 Å². The van der Waals surface area contributed by atoms with E-state index in [1.165, 1.54) is 0 Å². The van der Waals surface area contributed by atoms with Crippen molar-refractivity contribution in [3.63, 3.8) is 0 Å². The Hall–Kier alpha value is -4.79. The van der Waals surface area contributed by atoms with E-state index in [1.54, 1.807) is 6.07 Å². The van der Waals surface area contributed by atoms with E-state index >= 15 is 0 Å².